The molecule has 2 rings (SSSR count). The summed E-state index contributed by atoms with van der Waals surface area (Å²) in [6, 6.07) is 5.15. The molecule has 1 aromatic rings. The molecular formula is C23H34N4O6. The summed E-state index contributed by atoms with van der Waals surface area (Å²) < 4.78 is 0. The van der Waals surface area contributed by atoms with E-state index in [-0.39, 0.29) is 12.3 Å². The summed E-state index contributed by atoms with van der Waals surface area (Å²) in [5, 5.41) is 23.3. The van der Waals surface area contributed by atoms with Gasteiger partial charge >= 0.3 is 5.97 Å². The first kappa shape index (κ1) is 26.3. The summed E-state index contributed by atoms with van der Waals surface area (Å²) in [5.74, 6) is -2.69. The topological polar surface area (TPSA) is 162 Å². The quantitative estimate of drug-likeness (QED) is 0.300. The van der Waals surface area contributed by atoms with Crippen molar-refractivity contribution < 1.29 is 29.4 Å². The van der Waals surface area contributed by atoms with Crippen molar-refractivity contribution in [1.29, 1.82) is 0 Å². The van der Waals surface area contributed by atoms with Crippen LogP contribution in [-0.4, -0.2) is 76.1 Å². The number of benzene rings is 1. The van der Waals surface area contributed by atoms with E-state index in [0.29, 0.717) is 25.8 Å². The molecule has 1 heterocycles. The van der Waals surface area contributed by atoms with Crippen LogP contribution in [0.1, 0.15) is 38.7 Å². The van der Waals surface area contributed by atoms with E-state index in [2.05, 4.69) is 10.6 Å². The Balaban J connectivity index is 2.20. The van der Waals surface area contributed by atoms with Gasteiger partial charge in [0, 0.05) is 13.0 Å². The molecule has 0 saturated carbocycles. The average molecular weight is 463 g/mol. The first-order valence-electron chi connectivity index (χ1n) is 11.2. The summed E-state index contributed by atoms with van der Waals surface area (Å²) in [7, 11) is 0. The lowest BCUT2D eigenvalue weighted by Crippen LogP contribution is -2.57. The second-order valence-electron chi connectivity index (χ2n) is 8.76. The van der Waals surface area contributed by atoms with Crippen molar-refractivity contribution in [1.82, 2.24) is 15.5 Å². The van der Waals surface area contributed by atoms with Gasteiger partial charge in [-0.1, -0.05) is 44.2 Å². The van der Waals surface area contributed by atoms with E-state index < -0.39 is 54.5 Å². The maximum absolute atomic E-state index is 13.5. The third-order valence-corrected chi connectivity index (χ3v) is 5.60. The Morgan fingerprint density at radius 1 is 1.12 bits per heavy atom. The lowest BCUT2D eigenvalue weighted by atomic mass is 10.0. The first-order chi connectivity index (χ1) is 15.6. The van der Waals surface area contributed by atoms with Crippen molar-refractivity contribution >= 4 is 23.7 Å². The molecule has 6 N–H and O–H groups in total. The van der Waals surface area contributed by atoms with Gasteiger partial charge in [0.15, 0.2) is 0 Å². The van der Waals surface area contributed by atoms with Crippen LogP contribution in [0.25, 0.3) is 0 Å². The van der Waals surface area contributed by atoms with Crippen molar-refractivity contribution in [2.75, 3.05) is 13.2 Å². The Morgan fingerprint density at radius 2 is 1.79 bits per heavy atom. The van der Waals surface area contributed by atoms with E-state index in [1.165, 1.54) is 4.90 Å². The van der Waals surface area contributed by atoms with Crippen molar-refractivity contribution in [2.24, 2.45) is 11.7 Å². The number of aliphatic carboxylic acids is 1. The van der Waals surface area contributed by atoms with Gasteiger partial charge in [-0.25, -0.2) is 4.79 Å². The summed E-state index contributed by atoms with van der Waals surface area (Å²) in [6.07, 6.45) is 1.59. The third kappa shape index (κ3) is 7.54. The van der Waals surface area contributed by atoms with Gasteiger partial charge in [0.2, 0.25) is 17.7 Å². The summed E-state index contributed by atoms with van der Waals surface area (Å²) in [4.78, 5) is 51.4. The zero-order valence-electron chi connectivity index (χ0n) is 19.1. The number of rotatable bonds is 11. The molecule has 1 saturated heterocycles. The number of carboxylic acid groups (broad SMARTS) is 1. The van der Waals surface area contributed by atoms with E-state index in [4.69, 9.17) is 10.8 Å². The highest BCUT2D eigenvalue weighted by atomic mass is 16.4. The third-order valence-electron chi connectivity index (χ3n) is 5.60. The van der Waals surface area contributed by atoms with Crippen LogP contribution in [0, 0.1) is 5.92 Å². The van der Waals surface area contributed by atoms with Crippen molar-refractivity contribution in [2.45, 2.75) is 63.7 Å². The zero-order chi connectivity index (χ0) is 24.5. The molecule has 1 fully saturated rings. The Morgan fingerprint density at radius 3 is 2.36 bits per heavy atom. The van der Waals surface area contributed by atoms with Crippen molar-refractivity contribution in [3.63, 3.8) is 0 Å². The maximum atomic E-state index is 13.5. The van der Waals surface area contributed by atoms with Crippen molar-refractivity contribution in [3.05, 3.63) is 35.9 Å². The predicted molar refractivity (Wildman–Crippen MR) is 121 cm³/mol. The molecule has 10 nitrogen and oxygen atoms in total. The van der Waals surface area contributed by atoms with Gasteiger partial charge in [0.05, 0.1) is 12.6 Å². The fraction of sp³-hybridized carbons (Fsp3) is 0.565. The molecule has 0 spiro atoms. The predicted octanol–water partition coefficient (Wildman–Crippen LogP) is -0.360. The van der Waals surface area contributed by atoms with E-state index in [1.54, 1.807) is 0 Å². The van der Waals surface area contributed by atoms with Gasteiger partial charge in [0.1, 0.15) is 18.1 Å². The number of nitrogens with zero attached hydrogens (tertiary/aromatic N) is 1. The molecule has 1 aliphatic heterocycles. The SMILES string of the molecule is CC(C)CC(N)C(=O)NC(Cc1ccccc1)C(=O)N1CCCC1C(=O)NC(CO)C(=O)O. The molecule has 0 aromatic heterocycles. The van der Waals surface area contributed by atoms with Crippen LogP contribution in [0.15, 0.2) is 30.3 Å². The molecular weight excluding hydrogens is 428 g/mol. The molecule has 0 radical (unpaired) electrons. The van der Waals surface area contributed by atoms with E-state index in [0.717, 1.165) is 5.56 Å². The normalized spacial score (nSPS) is 18.5. The number of aliphatic hydroxyl groups is 1. The molecule has 33 heavy (non-hydrogen) atoms. The minimum atomic E-state index is -1.45. The fourth-order valence-corrected chi connectivity index (χ4v) is 3.90. The van der Waals surface area contributed by atoms with Gasteiger partial charge in [-0.15, -0.1) is 0 Å². The van der Waals surface area contributed by atoms with Crippen LogP contribution in [0.5, 0.6) is 0 Å². The Kier molecular flexibility index (Phi) is 9.80. The second-order valence-corrected chi connectivity index (χ2v) is 8.76. The average Bonchev–Trinajstić information content (AvgIpc) is 3.26. The second kappa shape index (κ2) is 12.3. The molecule has 3 amide bonds. The van der Waals surface area contributed by atoms with Crippen LogP contribution in [0.4, 0.5) is 0 Å². The number of amides is 3. The largest absolute Gasteiger partial charge is 0.480 e. The van der Waals surface area contributed by atoms with Gasteiger partial charge in [-0.3, -0.25) is 14.4 Å². The van der Waals surface area contributed by atoms with E-state index in [9.17, 15) is 24.3 Å². The summed E-state index contributed by atoms with van der Waals surface area (Å²) in [6.45, 7) is 3.43. The molecule has 0 bridgehead atoms. The lowest BCUT2D eigenvalue weighted by molar-refractivity contribution is -0.145. The number of aliphatic hydroxyl groups excluding tert-OH is 1. The number of likely N-dealkylation sites (tertiary alicyclic amines) is 1. The summed E-state index contributed by atoms with van der Waals surface area (Å²) >= 11 is 0. The number of hydrogen-bond donors (Lipinski definition) is 5. The number of nitrogens with one attached hydrogen (secondary N) is 2. The van der Waals surface area contributed by atoms with Gasteiger partial charge in [0.25, 0.3) is 0 Å². The Bertz CT molecular complexity index is 832. The van der Waals surface area contributed by atoms with Gasteiger partial charge in [-0.2, -0.15) is 0 Å². The Labute approximate surface area is 193 Å². The van der Waals surface area contributed by atoms with Crippen LogP contribution in [-0.2, 0) is 25.6 Å². The molecule has 1 aliphatic rings. The highest BCUT2D eigenvalue weighted by molar-refractivity contribution is 5.94. The highest BCUT2D eigenvalue weighted by Crippen LogP contribution is 2.20. The molecule has 10 heteroatoms. The molecule has 4 unspecified atom stereocenters. The molecule has 182 valence electrons. The van der Waals surface area contributed by atoms with Crippen molar-refractivity contribution in [3.8, 4) is 0 Å². The smallest absolute Gasteiger partial charge is 0.328 e. The van der Waals surface area contributed by atoms with Crippen LogP contribution < -0.4 is 16.4 Å². The fourth-order valence-electron chi connectivity index (χ4n) is 3.90. The minimum Gasteiger partial charge on any atom is -0.480 e. The van der Waals surface area contributed by atoms with Crippen LogP contribution >= 0.6 is 0 Å². The number of hydrogen-bond acceptors (Lipinski definition) is 6. The minimum absolute atomic E-state index is 0.203. The highest BCUT2D eigenvalue weighted by Gasteiger charge is 2.39. The van der Waals surface area contributed by atoms with Gasteiger partial charge < -0.3 is 31.5 Å². The monoisotopic (exact) mass is 462 g/mol. The first-order valence-corrected chi connectivity index (χ1v) is 11.2. The standard InChI is InChI=1S/C23H34N4O6/c1-14(2)11-16(24)20(29)25-17(12-15-7-4-3-5-8-15)22(31)27-10-6-9-19(27)21(30)26-18(13-28)23(32)33/h3-5,7-8,14,16-19,28H,6,9-13,24H2,1-2H3,(H,25,29)(H,26,30)(H,32,33). The number of carboxylic acids is 1. The van der Waals surface area contributed by atoms with Crippen LogP contribution in [0.2, 0.25) is 0 Å². The number of carbonyl (C=O) groups excluding carboxylic acids is 3. The molecule has 1 aromatic carbocycles. The van der Waals surface area contributed by atoms with Gasteiger partial charge in [-0.05, 0) is 30.7 Å². The lowest BCUT2D eigenvalue weighted by Gasteiger charge is -2.30. The summed E-state index contributed by atoms with van der Waals surface area (Å²) in [5.41, 5.74) is 6.84. The molecule has 4 atom stereocenters. The van der Waals surface area contributed by atoms with E-state index in [1.807, 2.05) is 44.2 Å². The number of carbonyl (C=O) groups is 4. The maximum Gasteiger partial charge on any atom is 0.328 e. The molecule has 0 aliphatic carbocycles. The van der Waals surface area contributed by atoms with Crippen LogP contribution in [0.3, 0.4) is 0 Å². The number of nitrogens with two attached hydrogens (primary N) is 1. The Hall–Kier alpha value is -2.98. The zero-order valence-corrected chi connectivity index (χ0v) is 19.1. The van der Waals surface area contributed by atoms with E-state index >= 15 is 0 Å².